The van der Waals surface area contributed by atoms with Crippen molar-refractivity contribution in [2.24, 2.45) is 0 Å². The van der Waals surface area contributed by atoms with Gasteiger partial charge >= 0.3 is 18.2 Å². The molecule has 3 amide bonds. The molecule has 212 valence electrons. The number of alkyl carbamates (subject to hydrolysis) is 2. The molecule has 0 saturated heterocycles. The molecule has 2 aromatic carbocycles. The Labute approximate surface area is 229 Å². The molecular formula is C29H39N3O7. The molecule has 10 heteroatoms. The van der Waals surface area contributed by atoms with E-state index >= 15 is 0 Å². The molecular weight excluding hydrogens is 502 g/mol. The third-order valence-corrected chi connectivity index (χ3v) is 5.49. The van der Waals surface area contributed by atoms with Crippen molar-refractivity contribution in [3.8, 4) is 0 Å². The maximum absolute atomic E-state index is 13.2. The Morgan fingerprint density at radius 1 is 0.795 bits per heavy atom. The minimum absolute atomic E-state index is 0.171. The van der Waals surface area contributed by atoms with E-state index in [2.05, 4.69) is 16.0 Å². The minimum atomic E-state index is -0.976. The summed E-state index contributed by atoms with van der Waals surface area (Å²) in [6, 6.07) is 16.6. The van der Waals surface area contributed by atoms with Crippen LogP contribution in [-0.4, -0.2) is 55.4 Å². The summed E-state index contributed by atoms with van der Waals surface area (Å²) in [4.78, 5) is 49.9. The van der Waals surface area contributed by atoms with Crippen LogP contribution < -0.4 is 16.0 Å². The number of carbonyl (C=O) groups is 4. The number of carbonyl (C=O) groups excluding carboxylic acids is 4. The number of hydrogen-bond donors (Lipinski definition) is 3. The molecule has 0 aliphatic rings. The highest BCUT2D eigenvalue weighted by Gasteiger charge is 2.29. The van der Waals surface area contributed by atoms with E-state index in [9.17, 15) is 19.2 Å². The van der Waals surface area contributed by atoms with Gasteiger partial charge in [0.1, 0.15) is 24.3 Å². The smallest absolute Gasteiger partial charge is 0.408 e. The highest BCUT2D eigenvalue weighted by molar-refractivity contribution is 5.89. The summed E-state index contributed by atoms with van der Waals surface area (Å²) in [6.45, 7) is 5.69. The van der Waals surface area contributed by atoms with Gasteiger partial charge in [-0.3, -0.25) is 4.79 Å². The molecule has 0 aromatic heterocycles. The van der Waals surface area contributed by atoms with Crippen molar-refractivity contribution >= 4 is 24.1 Å². The van der Waals surface area contributed by atoms with Crippen LogP contribution in [-0.2, 0) is 36.8 Å². The van der Waals surface area contributed by atoms with Crippen molar-refractivity contribution in [3.05, 3.63) is 71.8 Å². The number of ether oxygens (including phenoxy) is 3. The van der Waals surface area contributed by atoms with Gasteiger partial charge in [-0.15, -0.1) is 0 Å². The molecule has 0 heterocycles. The molecule has 0 saturated carbocycles. The third-order valence-electron chi connectivity index (χ3n) is 5.49. The van der Waals surface area contributed by atoms with Gasteiger partial charge in [-0.1, -0.05) is 60.7 Å². The molecule has 0 radical (unpaired) electrons. The quantitative estimate of drug-likeness (QED) is 0.199. The van der Waals surface area contributed by atoms with Crippen molar-refractivity contribution in [1.82, 2.24) is 16.0 Å². The number of unbranched alkanes of at least 4 members (excludes halogenated alkanes) is 1. The first-order valence-electron chi connectivity index (χ1n) is 12.9. The highest BCUT2D eigenvalue weighted by Crippen LogP contribution is 2.10. The fraction of sp³-hybridized carbons (Fsp3) is 0.448. The van der Waals surface area contributed by atoms with E-state index in [0.717, 1.165) is 11.1 Å². The molecule has 0 spiro atoms. The van der Waals surface area contributed by atoms with Crippen LogP contribution in [0.5, 0.6) is 0 Å². The Morgan fingerprint density at radius 2 is 1.41 bits per heavy atom. The number of methoxy groups -OCH3 is 1. The molecule has 39 heavy (non-hydrogen) atoms. The van der Waals surface area contributed by atoms with E-state index < -0.39 is 41.7 Å². The lowest BCUT2D eigenvalue weighted by molar-refractivity contribution is -0.145. The average Bonchev–Trinajstić information content (AvgIpc) is 2.90. The predicted molar refractivity (Wildman–Crippen MR) is 146 cm³/mol. The normalized spacial score (nSPS) is 12.4. The number of esters is 1. The van der Waals surface area contributed by atoms with E-state index in [-0.39, 0.29) is 19.4 Å². The van der Waals surface area contributed by atoms with Gasteiger partial charge in [0, 0.05) is 13.0 Å². The topological polar surface area (TPSA) is 132 Å². The monoisotopic (exact) mass is 541 g/mol. The maximum atomic E-state index is 13.2. The zero-order valence-electron chi connectivity index (χ0n) is 23.0. The number of benzene rings is 2. The molecule has 0 fully saturated rings. The molecule has 2 atom stereocenters. The summed E-state index contributed by atoms with van der Waals surface area (Å²) in [5, 5.41) is 7.98. The van der Waals surface area contributed by atoms with Crippen molar-refractivity contribution < 1.29 is 33.4 Å². The van der Waals surface area contributed by atoms with E-state index in [4.69, 9.17) is 14.2 Å². The van der Waals surface area contributed by atoms with E-state index in [1.54, 1.807) is 20.8 Å². The Kier molecular flexibility index (Phi) is 12.8. The fourth-order valence-corrected chi connectivity index (χ4v) is 3.61. The van der Waals surface area contributed by atoms with Gasteiger partial charge in [-0.2, -0.15) is 0 Å². The molecule has 10 nitrogen and oxygen atoms in total. The van der Waals surface area contributed by atoms with Gasteiger partial charge in [0.25, 0.3) is 0 Å². The number of nitrogens with one attached hydrogen (secondary N) is 3. The summed E-state index contributed by atoms with van der Waals surface area (Å²) in [7, 11) is 1.24. The minimum Gasteiger partial charge on any atom is -0.467 e. The van der Waals surface area contributed by atoms with E-state index in [0.29, 0.717) is 19.4 Å². The first-order valence-corrected chi connectivity index (χ1v) is 12.9. The second-order valence-corrected chi connectivity index (χ2v) is 9.96. The SMILES string of the molecule is COC(=O)[C@H](CCCCNC(=O)OCc1ccccc1)NC(=O)[C@@H](Cc1ccccc1)NC(=O)OC(C)(C)C. The molecule has 0 aliphatic carbocycles. The Hall–Kier alpha value is -4.08. The summed E-state index contributed by atoms with van der Waals surface area (Å²) < 4.78 is 15.4. The van der Waals surface area contributed by atoms with Gasteiger partial charge in [-0.25, -0.2) is 14.4 Å². The van der Waals surface area contributed by atoms with E-state index in [1.165, 1.54) is 7.11 Å². The maximum Gasteiger partial charge on any atom is 0.408 e. The second kappa shape index (κ2) is 16.0. The predicted octanol–water partition coefficient (Wildman–Crippen LogP) is 3.88. The standard InChI is InChI=1S/C29H39N3O7/c1-29(2,3)39-28(36)32-24(19-21-13-7-5-8-14-21)25(33)31-23(26(34)37-4)17-11-12-18-30-27(35)38-20-22-15-9-6-10-16-22/h5-10,13-16,23-24H,11-12,17-20H2,1-4H3,(H,30,35)(H,31,33)(H,32,36)/t23-,24+/m0/s1. The second-order valence-electron chi connectivity index (χ2n) is 9.96. The number of amides is 3. The van der Waals surface area contributed by atoms with Crippen LogP contribution in [0.1, 0.15) is 51.2 Å². The molecule has 2 rings (SSSR count). The third kappa shape index (κ3) is 12.8. The summed E-state index contributed by atoms with van der Waals surface area (Å²) in [5.41, 5.74) is 0.971. The first-order chi connectivity index (χ1) is 18.6. The summed E-state index contributed by atoms with van der Waals surface area (Å²) >= 11 is 0. The van der Waals surface area contributed by atoms with Gasteiger partial charge < -0.3 is 30.2 Å². The lowest BCUT2D eigenvalue weighted by atomic mass is 10.0. The molecule has 0 bridgehead atoms. The van der Waals surface area contributed by atoms with Crippen LogP contribution in [0, 0.1) is 0 Å². The Morgan fingerprint density at radius 3 is 2.00 bits per heavy atom. The number of hydrogen-bond acceptors (Lipinski definition) is 7. The molecule has 0 unspecified atom stereocenters. The van der Waals surface area contributed by atoms with Gasteiger partial charge in [0.05, 0.1) is 7.11 Å². The Balaban J connectivity index is 1.88. The van der Waals surface area contributed by atoms with Gasteiger partial charge in [0.15, 0.2) is 0 Å². The highest BCUT2D eigenvalue weighted by atomic mass is 16.6. The van der Waals surface area contributed by atoms with Crippen LogP contribution in [0.3, 0.4) is 0 Å². The van der Waals surface area contributed by atoms with Crippen molar-refractivity contribution in [2.45, 2.75) is 70.7 Å². The van der Waals surface area contributed by atoms with Crippen LogP contribution in [0.4, 0.5) is 9.59 Å². The lowest BCUT2D eigenvalue weighted by Crippen LogP contribution is -2.53. The summed E-state index contributed by atoms with van der Waals surface area (Å²) in [6.07, 6.45) is 0.278. The van der Waals surface area contributed by atoms with E-state index in [1.807, 2.05) is 60.7 Å². The van der Waals surface area contributed by atoms with Crippen LogP contribution in [0.2, 0.25) is 0 Å². The molecule has 3 N–H and O–H groups in total. The number of rotatable bonds is 13. The van der Waals surface area contributed by atoms with Gasteiger partial charge in [-0.05, 0) is 51.2 Å². The zero-order valence-corrected chi connectivity index (χ0v) is 23.0. The van der Waals surface area contributed by atoms with Crippen LogP contribution in [0.25, 0.3) is 0 Å². The average molecular weight is 542 g/mol. The molecule has 2 aromatic rings. The molecule has 0 aliphatic heterocycles. The van der Waals surface area contributed by atoms with Gasteiger partial charge in [0.2, 0.25) is 5.91 Å². The first kappa shape index (κ1) is 31.1. The van der Waals surface area contributed by atoms with Crippen LogP contribution in [0.15, 0.2) is 60.7 Å². The van der Waals surface area contributed by atoms with Crippen molar-refractivity contribution in [3.63, 3.8) is 0 Å². The van der Waals surface area contributed by atoms with Crippen molar-refractivity contribution in [1.29, 1.82) is 0 Å². The van der Waals surface area contributed by atoms with Crippen LogP contribution >= 0.6 is 0 Å². The zero-order chi connectivity index (χ0) is 28.7. The largest absolute Gasteiger partial charge is 0.467 e. The van der Waals surface area contributed by atoms with Crippen molar-refractivity contribution in [2.75, 3.05) is 13.7 Å². The fourth-order valence-electron chi connectivity index (χ4n) is 3.61. The lowest BCUT2D eigenvalue weighted by Gasteiger charge is -2.25. The Bertz CT molecular complexity index is 1060. The summed E-state index contributed by atoms with van der Waals surface area (Å²) in [5.74, 6) is -1.14.